The van der Waals surface area contributed by atoms with Crippen LogP contribution in [0, 0.1) is 0 Å². The van der Waals surface area contributed by atoms with Gasteiger partial charge in [-0.05, 0) is 43.2 Å². The summed E-state index contributed by atoms with van der Waals surface area (Å²) in [5.74, 6) is 0.408. The maximum absolute atomic E-state index is 12.8. The highest BCUT2D eigenvalue weighted by Gasteiger charge is 2.27. The molecule has 0 atom stereocenters. The fourth-order valence-corrected chi connectivity index (χ4v) is 6.21. The molecule has 0 spiro atoms. The molecule has 1 aliphatic heterocycles. The Kier molecular flexibility index (Phi) is 6.12. The van der Waals surface area contributed by atoms with Crippen molar-refractivity contribution in [3.8, 4) is 5.75 Å². The largest absolute Gasteiger partial charge is 0.497 e. The molecule has 0 saturated carbocycles. The zero-order valence-corrected chi connectivity index (χ0v) is 18.7. The van der Waals surface area contributed by atoms with E-state index in [1.165, 1.54) is 14.9 Å². The summed E-state index contributed by atoms with van der Waals surface area (Å²) in [4.78, 5) is 24.8. The fraction of sp³-hybridized carbons (Fsp3) is 0.333. The SMILES string of the molecule is COc1cccc(NC(=O)CCn2c(=O)sc3cc(S(=O)(=O)N4CCCC4)ccc32)c1. The molecule has 1 N–H and O–H groups in total. The van der Waals surface area contributed by atoms with Gasteiger partial charge >= 0.3 is 4.87 Å². The van der Waals surface area contributed by atoms with E-state index in [-0.39, 0.29) is 28.6 Å². The van der Waals surface area contributed by atoms with Crippen LogP contribution in [0.25, 0.3) is 10.2 Å². The molecule has 1 saturated heterocycles. The number of methoxy groups -OCH3 is 1. The van der Waals surface area contributed by atoms with Crippen molar-refractivity contribution in [1.29, 1.82) is 0 Å². The first-order valence-electron chi connectivity index (χ1n) is 9.96. The Bertz CT molecular complexity index is 1270. The van der Waals surface area contributed by atoms with Crippen LogP contribution < -0.4 is 14.9 Å². The van der Waals surface area contributed by atoms with Gasteiger partial charge < -0.3 is 10.1 Å². The van der Waals surface area contributed by atoms with Crippen LogP contribution in [0.1, 0.15) is 19.3 Å². The number of nitrogens with one attached hydrogen (secondary N) is 1. The first-order chi connectivity index (χ1) is 14.9. The number of hydrogen-bond acceptors (Lipinski definition) is 6. The molecule has 2 aromatic carbocycles. The minimum atomic E-state index is -3.55. The molecule has 1 fully saturated rings. The van der Waals surface area contributed by atoms with E-state index in [1.807, 2.05) is 0 Å². The summed E-state index contributed by atoms with van der Waals surface area (Å²) in [5, 5.41) is 2.79. The molecule has 8 nitrogen and oxygen atoms in total. The number of aryl methyl sites for hydroxylation is 1. The predicted molar refractivity (Wildman–Crippen MR) is 120 cm³/mol. The zero-order chi connectivity index (χ0) is 22.0. The van der Waals surface area contributed by atoms with E-state index < -0.39 is 10.0 Å². The van der Waals surface area contributed by atoms with E-state index in [0.29, 0.717) is 34.7 Å². The van der Waals surface area contributed by atoms with Gasteiger partial charge in [-0.2, -0.15) is 4.31 Å². The number of anilines is 1. The van der Waals surface area contributed by atoms with Gasteiger partial charge in [-0.3, -0.25) is 14.2 Å². The Labute approximate surface area is 184 Å². The Morgan fingerprint density at radius 3 is 2.68 bits per heavy atom. The van der Waals surface area contributed by atoms with Crippen molar-refractivity contribution < 1.29 is 17.9 Å². The number of carbonyl (C=O) groups excluding carboxylic acids is 1. The Balaban J connectivity index is 1.50. The molecule has 31 heavy (non-hydrogen) atoms. The number of nitrogens with zero attached hydrogens (tertiary/aromatic N) is 2. The highest BCUT2D eigenvalue weighted by Crippen LogP contribution is 2.26. The van der Waals surface area contributed by atoms with Crippen LogP contribution in [0.4, 0.5) is 5.69 Å². The van der Waals surface area contributed by atoms with Crippen molar-refractivity contribution in [3.63, 3.8) is 0 Å². The predicted octanol–water partition coefficient (Wildman–Crippen LogP) is 2.88. The van der Waals surface area contributed by atoms with Gasteiger partial charge in [-0.15, -0.1) is 0 Å². The number of aromatic nitrogens is 1. The number of rotatable bonds is 7. The molecule has 4 rings (SSSR count). The van der Waals surface area contributed by atoms with Crippen molar-refractivity contribution in [2.24, 2.45) is 0 Å². The van der Waals surface area contributed by atoms with E-state index >= 15 is 0 Å². The van der Waals surface area contributed by atoms with E-state index in [0.717, 1.165) is 24.2 Å². The number of hydrogen-bond donors (Lipinski definition) is 1. The van der Waals surface area contributed by atoms with Crippen LogP contribution in [0.2, 0.25) is 0 Å². The number of benzene rings is 2. The third kappa shape index (κ3) is 4.51. The third-order valence-corrected chi connectivity index (χ3v) is 8.10. The lowest BCUT2D eigenvalue weighted by Crippen LogP contribution is -2.27. The molecule has 1 aliphatic rings. The molecule has 2 heterocycles. The molecule has 0 radical (unpaired) electrons. The van der Waals surface area contributed by atoms with Crippen molar-refractivity contribution in [1.82, 2.24) is 8.87 Å². The van der Waals surface area contributed by atoms with Gasteiger partial charge in [-0.1, -0.05) is 17.4 Å². The molecule has 3 aromatic rings. The Morgan fingerprint density at radius 2 is 1.94 bits per heavy atom. The number of sulfonamides is 1. The lowest BCUT2D eigenvalue weighted by atomic mass is 10.3. The molecule has 0 unspecified atom stereocenters. The Morgan fingerprint density at radius 1 is 1.16 bits per heavy atom. The van der Waals surface area contributed by atoms with Crippen molar-refractivity contribution >= 4 is 43.2 Å². The molecule has 0 aliphatic carbocycles. The fourth-order valence-electron chi connectivity index (χ4n) is 3.63. The smallest absolute Gasteiger partial charge is 0.308 e. The second-order valence-corrected chi connectivity index (χ2v) is 10.2. The Hall–Kier alpha value is -2.69. The maximum Gasteiger partial charge on any atom is 0.308 e. The summed E-state index contributed by atoms with van der Waals surface area (Å²) in [6.45, 7) is 1.26. The van der Waals surface area contributed by atoms with Crippen LogP contribution >= 0.6 is 11.3 Å². The minimum absolute atomic E-state index is 0.108. The molecular formula is C21H23N3O5S2. The van der Waals surface area contributed by atoms with E-state index in [4.69, 9.17) is 4.74 Å². The molecule has 1 amide bonds. The van der Waals surface area contributed by atoms with E-state index in [2.05, 4.69) is 5.32 Å². The van der Waals surface area contributed by atoms with Crippen LogP contribution in [0.15, 0.2) is 52.2 Å². The highest BCUT2D eigenvalue weighted by atomic mass is 32.2. The van der Waals surface area contributed by atoms with Crippen LogP contribution in [-0.4, -0.2) is 43.4 Å². The monoisotopic (exact) mass is 461 g/mol. The first-order valence-corrected chi connectivity index (χ1v) is 12.2. The summed E-state index contributed by atoms with van der Waals surface area (Å²) in [7, 11) is -1.99. The van der Waals surface area contributed by atoms with Gasteiger partial charge in [0.1, 0.15) is 5.75 Å². The van der Waals surface area contributed by atoms with E-state index in [9.17, 15) is 18.0 Å². The maximum atomic E-state index is 12.8. The number of thiazole rings is 1. The van der Waals surface area contributed by atoms with Gasteiger partial charge in [0.15, 0.2) is 0 Å². The molecule has 0 bridgehead atoms. The van der Waals surface area contributed by atoms with Crippen molar-refractivity contribution in [3.05, 3.63) is 52.1 Å². The van der Waals surface area contributed by atoms with Gasteiger partial charge in [0.25, 0.3) is 0 Å². The third-order valence-electron chi connectivity index (χ3n) is 5.26. The number of fused-ring (bicyclic) bond motifs is 1. The van der Waals surface area contributed by atoms with Gasteiger partial charge in [-0.25, -0.2) is 8.42 Å². The second kappa shape index (κ2) is 8.81. The van der Waals surface area contributed by atoms with Crippen LogP contribution in [-0.2, 0) is 21.4 Å². The number of ether oxygens (including phenoxy) is 1. The van der Waals surface area contributed by atoms with Gasteiger partial charge in [0.05, 0.1) is 22.2 Å². The lowest BCUT2D eigenvalue weighted by Gasteiger charge is -2.15. The highest BCUT2D eigenvalue weighted by molar-refractivity contribution is 7.89. The van der Waals surface area contributed by atoms with Crippen LogP contribution in [0.3, 0.4) is 0 Å². The minimum Gasteiger partial charge on any atom is -0.497 e. The summed E-state index contributed by atoms with van der Waals surface area (Å²) in [5.41, 5.74) is 1.24. The molecule has 10 heteroatoms. The number of carbonyl (C=O) groups is 1. The molecule has 1 aromatic heterocycles. The average molecular weight is 462 g/mol. The quantitative estimate of drug-likeness (QED) is 0.584. The standard InChI is InChI=1S/C21H23N3O5S2/c1-29-16-6-4-5-15(13-16)22-20(25)9-12-24-18-8-7-17(14-19(18)30-21(24)26)31(27,28)23-10-2-3-11-23/h4-8,13-14H,2-3,9-12H2,1H3,(H,22,25). The average Bonchev–Trinajstić information content (AvgIpc) is 3.40. The second-order valence-electron chi connectivity index (χ2n) is 7.29. The zero-order valence-electron chi connectivity index (χ0n) is 17.0. The summed E-state index contributed by atoms with van der Waals surface area (Å²) < 4.78 is 34.3. The lowest BCUT2D eigenvalue weighted by molar-refractivity contribution is -0.116. The first kappa shape index (κ1) is 21.5. The molecular weight excluding hydrogens is 438 g/mol. The summed E-state index contributed by atoms with van der Waals surface area (Å²) >= 11 is 0.988. The van der Waals surface area contributed by atoms with Crippen molar-refractivity contribution in [2.75, 3.05) is 25.5 Å². The van der Waals surface area contributed by atoms with Crippen molar-refractivity contribution in [2.45, 2.75) is 30.7 Å². The van der Waals surface area contributed by atoms with Gasteiger partial charge in [0.2, 0.25) is 15.9 Å². The van der Waals surface area contributed by atoms with Gasteiger partial charge in [0, 0.05) is 37.8 Å². The summed E-state index contributed by atoms with van der Waals surface area (Å²) in [6.07, 6.45) is 1.84. The number of amides is 1. The normalized spacial score (nSPS) is 14.7. The van der Waals surface area contributed by atoms with Crippen LogP contribution in [0.5, 0.6) is 5.75 Å². The summed E-state index contributed by atoms with van der Waals surface area (Å²) in [6, 6.07) is 11.8. The molecule has 164 valence electrons. The van der Waals surface area contributed by atoms with E-state index in [1.54, 1.807) is 43.5 Å². The topological polar surface area (TPSA) is 97.7 Å².